The molecule has 59 heavy (non-hydrogen) atoms. The Morgan fingerprint density at radius 2 is 0.712 bits per heavy atom. The number of rotatable bonds is 5. The van der Waals surface area contributed by atoms with Crippen LogP contribution in [0.4, 0.5) is 0 Å². The molecule has 292 valence electrons. The molecule has 0 bridgehead atoms. The van der Waals surface area contributed by atoms with Gasteiger partial charge in [-0.1, -0.05) is 218 Å². The monoisotopic (exact) mass is 774 g/mol. The Morgan fingerprint density at radius 1 is 0.390 bits per heavy atom. The highest BCUT2D eigenvalue weighted by atomic mass is 16.3. The largest absolute Gasteiger partial charge is 0.384 e. The first-order valence-electron chi connectivity index (χ1n) is 19.7. The Labute approximate surface area is 345 Å². The van der Waals surface area contributed by atoms with Gasteiger partial charge in [0.15, 0.2) is 5.78 Å². The zero-order valence-electron chi connectivity index (χ0n) is 32.5. The molecule has 8 aromatic rings. The number of carbonyl (C=O) groups excluding carboxylic acids is 1. The molecule has 2 aliphatic rings. The third-order valence-electron chi connectivity index (χ3n) is 10.5. The number of ketones is 1. The first kappa shape index (κ1) is 40.5. The summed E-state index contributed by atoms with van der Waals surface area (Å²) in [5.41, 5.74) is 12.0. The molecule has 0 heterocycles. The summed E-state index contributed by atoms with van der Waals surface area (Å²) in [7, 11) is 0. The van der Waals surface area contributed by atoms with Crippen LogP contribution in [-0.2, 0) is 6.42 Å². The summed E-state index contributed by atoms with van der Waals surface area (Å²) in [4.78, 5) is 11.9. The van der Waals surface area contributed by atoms with Crippen molar-refractivity contribution in [1.29, 1.82) is 0 Å². The highest BCUT2D eigenvalue weighted by molar-refractivity contribution is 5.99. The lowest BCUT2D eigenvalue weighted by Crippen LogP contribution is -2.12. The Hall–Kier alpha value is -6.73. The van der Waals surface area contributed by atoms with Gasteiger partial charge < -0.3 is 20.4 Å². The molecule has 10 rings (SSSR count). The van der Waals surface area contributed by atoms with Crippen molar-refractivity contribution in [2.75, 3.05) is 0 Å². The van der Waals surface area contributed by atoms with E-state index in [0.717, 1.165) is 50.9 Å². The molecular formula is C54H46O5. The second-order valence-electron chi connectivity index (χ2n) is 14.3. The maximum atomic E-state index is 11.9. The molecule has 0 saturated heterocycles. The van der Waals surface area contributed by atoms with Gasteiger partial charge in [0.1, 0.15) is 24.4 Å². The highest BCUT2D eigenvalue weighted by Gasteiger charge is 2.26. The summed E-state index contributed by atoms with van der Waals surface area (Å²) < 4.78 is 0. The smallest absolute Gasteiger partial charge is 0.195 e. The van der Waals surface area contributed by atoms with Gasteiger partial charge >= 0.3 is 0 Å². The average Bonchev–Trinajstić information content (AvgIpc) is 3.61. The van der Waals surface area contributed by atoms with E-state index in [1.807, 2.05) is 146 Å². The summed E-state index contributed by atoms with van der Waals surface area (Å²) in [6.45, 7) is 0. The van der Waals surface area contributed by atoms with Crippen molar-refractivity contribution in [3.63, 3.8) is 0 Å². The molecule has 5 nitrogen and oxygen atoms in total. The molecule has 5 heteroatoms. The van der Waals surface area contributed by atoms with Gasteiger partial charge in [-0.2, -0.15) is 0 Å². The van der Waals surface area contributed by atoms with E-state index in [-0.39, 0.29) is 5.78 Å². The molecule has 0 spiro atoms. The van der Waals surface area contributed by atoms with Gasteiger partial charge in [0, 0.05) is 5.56 Å². The average molecular weight is 775 g/mol. The SMILES string of the molecule is O=C(c1ccccc1)C(O)c1ccccc1.OC(c1ccccc1)c1ccccc1.OC1c2ccccc2-c2ccccc21.OC1c2ccccc2Cc2ccccc21. The topological polar surface area (TPSA) is 98.0 Å². The minimum atomic E-state index is -1.08. The van der Waals surface area contributed by atoms with E-state index in [1.165, 1.54) is 11.1 Å². The standard InChI is InChI=1S/C14H12O2.C14H12O.C13H10O.C13H12O/c15-13(11-7-3-1-4-8-11)14(16)12-9-5-2-6-10-12;15-14-12-7-3-1-5-10(12)9-11-6-2-4-8-13(11)14;14-13-11-7-3-1-5-9(11)10-6-2-4-8-12(10)13;14-13(11-7-3-1-4-8-11)12-9-5-2-6-10-12/h1-10,13,15H;1-8,14-15H,9H2;1-8,13-14H;1-10,13-14H. The number of fused-ring (bicyclic) bond motifs is 5. The third-order valence-corrected chi connectivity index (χ3v) is 10.5. The van der Waals surface area contributed by atoms with E-state index in [4.69, 9.17) is 0 Å². The van der Waals surface area contributed by atoms with Crippen molar-refractivity contribution in [2.45, 2.75) is 30.8 Å². The second-order valence-corrected chi connectivity index (χ2v) is 14.3. The van der Waals surface area contributed by atoms with Crippen molar-refractivity contribution in [1.82, 2.24) is 0 Å². The lowest BCUT2D eigenvalue weighted by atomic mass is 9.84. The van der Waals surface area contributed by atoms with Crippen molar-refractivity contribution in [2.24, 2.45) is 0 Å². The van der Waals surface area contributed by atoms with Crippen LogP contribution in [-0.4, -0.2) is 26.2 Å². The Bertz CT molecular complexity index is 2430. The van der Waals surface area contributed by atoms with Crippen LogP contribution in [0.1, 0.15) is 84.8 Å². The number of hydrogen-bond acceptors (Lipinski definition) is 5. The molecule has 0 fully saturated rings. The molecule has 1 atom stereocenters. The van der Waals surface area contributed by atoms with Crippen molar-refractivity contribution >= 4 is 5.78 Å². The Balaban J connectivity index is 0.000000119. The van der Waals surface area contributed by atoms with Crippen LogP contribution in [0.2, 0.25) is 0 Å². The summed E-state index contributed by atoms with van der Waals surface area (Å²) in [6.07, 6.45) is -1.56. The number of aliphatic hydroxyl groups excluding tert-OH is 4. The van der Waals surface area contributed by atoms with E-state index in [9.17, 15) is 25.2 Å². The van der Waals surface area contributed by atoms with Crippen LogP contribution in [0.5, 0.6) is 0 Å². The summed E-state index contributed by atoms with van der Waals surface area (Å²) in [6, 6.07) is 69.3. The minimum Gasteiger partial charge on any atom is -0.384 e. The maximum Gasteiger partial charge on any atom is 0.195 e. The van der Waals surface area contributed by atoms with Crippen molar-refractivity contribution in [3.8, 4) is 11.1 Å². The van der Waals surface area contributed by atoms with Gasteiger partial charge in [-0.15, -0.1) is 0 Å². The number of benzene rings is 8. The fourth-order valence-electron chi connectivity index (χ4n) is 7.44. The van der Waals surface area contributed by atoms with Crippen molar-refractivity contribution < 1.29 is 25.2 Å². The van der Waals surface area contributed by atoms with E-state index in [1.54, 1.807) is 48.5 Å². The summed E-state index contributed by atoms with van der Waals surface area (Å²) in [5, 5.41) is 40.1. The van der Waals surface area contributed by atoms with Crippen LogP contribution < -0.4 is 0 Å². The van der Waals surface area contributed by atoms with E-state index in [0.29, 0.717) is 11.1 Å². The van der Waals surface area contributed by atoms with E-state index in [2.05, 4.69) is 24.3 Å². The molecular weight excluding hydrogens is 729 g/mol. The Morgan fingerprint density at radius 3 is 1.15 bits per heavy atom. The van der Waals surface area contributed by atoms with Gasteiger partial charge in [-0.25, -0.2) is 0 Å². The third kappa shape index (κ3) is 9.70. The molecule has 0 aliphatic heterocycles. The van der Waals surface area contributed by atoms with Crippen LogP contribution in [0, 0.1) is 0 Å². The first-order chi connectivity index (χ1) is 28.9. The van der Waals surface area contributed by atoms with Gasteiger partial charge in [0.25, 0.3) is 0 Å². The minimum absolute atomic E-state index is 0.271. The molecule has 8 aromatic carbocycles. The predicted molar refractivity (Wildman–Crippen MR) is 235 cm³/mol. The van der Waals surface area contributed by atoms with E-state index >= 15 is 0 Å². The Kier molecular flexibility index (Phi) is 13.5. The van der Waals surface area contributed by atoms with Gasteiger partial charge in [0.05, 0.1) is 0 Å². The zero-order chi connectivity index (χ0) is 41.0. The first-order valence-corrected chi connectivity index (χ1v) is 19.7. The van der Waals surface area contributed by atoms with Crippen LogP contribution in [0.3, 0.4) is 0 Å². The maximum absolute atomic E-state index is 11.9. The number of hydrogen-bond donors (Lipinski definition) is 4. The molecule has 0 aromatic heterocycles. The zero-order valence-corrected chi connectivity index (χ0v) is 32.5. The lowest BCUT2D eigenvalue weighted by Gasteiger charge is -2.24. The lowest BCUT2D eigenvalue weighted by molar-refractivity contribution is 0.0747. The van der Waals surface area contributed by atoms with Crippen LogP contribution >= 0.6 is 0 Å². The second kappa shape index (κ2) is 19.6. The van der Waals surface area contributed by atoms with Crippen LogP contribution in [0.15, 0.2) is 218 Å². The molecule has 0 saturated carbocycles. The van der Waals surface area contributed by atoms with Gasteiger partial charge in [0.2, 0.25) is 0 Å². The van der Waals surface area contributed by atoms with Crippen LogP contribution in [0.25, 0.3) is 11.1 Å². The molecule has 0 radical (unpaired) electrons. The molecule has 0 amide bonds. The fourth-order valence-corrected chi connectivity index (χ4v) is 7.44. The summed E-state index contributed by atoms with van der Waals surface area (Å²) >= 11 is 0. The predicted octanol–water partition coefficient (Wildman–Crippen LogP) is 10.8. The van der Waals surface area contributed by atoms with Gasteiger partial charge in [-0.05, 0) is 67.6 Å². The fraction of sp³-hybridized carbons (Fsp3) is 0.0926. The quantitative estimate of drug-likeness (QED) is 0.131. The van der Waals surface area contributed by atoms with Gasteiger partial charge in [-0.3, -0.25) is 4.79 Å². The molecule has 4 N–H and O–H groups in total. The molecule has 2 aliphatic carbocycles. The normalized spacial score (nSPS) is 12.7. The number of carbonyl (C=O) groups is 1. The highest BCUT2D eigenvalue weighted by Crippen LogP contribution is 2.42. The number of Topliss-reactive ketones (excluding diaryl/α,β-unsaturated/α-hetero) is 1. The van der Waals surface area contributed by atoms with Crippen molar-refractivity contribution in [3.05, 3.63) is 274 Å². The van der Waals surface area contributed by atoms with E-state index < -0.39 is 24.4 Å². The molecule has 1 unspecified atom stereocenters. The number of aliphatic hydroxyl groups is 4. The summed E-state index contributed by atoms with van der Waals surface area (Å²) in [5.74, 6) is -0.271.